The average Bonchev–Trinajstić information content (AvgIpc) is 2.98. The first-order valence-corrected chi connectivity index (χ1v) is 8.73. The molecule has 2 N–H and O–H groups in total. The van der Waals surface area contributed by atoms with Crippen LogP contribution >= 0.6 is 35.3 Å². The van der Waals surface area contributed by atoms with Crippen molar-refractivity contribution in [1.29, 1.82) is 0 Å². The first-order valence-electron chi connectivity index (χ1n) is 7.91. The number of nitrogens with one attached hydrogen (secondary N) is 2. The third-order valence-corrected chi connectivity index (χ3v) is 4.55. The first kappa shape index (κ1) is 20.9. The summed E-state index contributed by atoms with van der Waals surface area (Å²) in [4.78, 5) is 23.4. The molecule has 0 atom stereocenters. The smallest absolute Gasteiger partial charge is 0.409 e. The lowest BCUT2D eigenvalue weighted by Gasteiger charge is -2.32. The number of carbonyl (C=O) groups excluding carboxylic acids is 1. The van der Waals surface area contributed by atoms with Gasteiger partial charge in [-0.2, -0.15) is 0 Å². The Balaban J connectivity index is 0.00000288. The molecule has 1 aromatic rings. The second-order valence-corrected chi connectivity index (χ2v) is 6.75. The van der Waals surface area contributed by atoms with Gasteiger partial charge in [-0.05, 0) is 26.7 Å². The fourth-order valence-electron chi connectivity index (χ4n) is 2.47. The minimum absolute atomic E-state index is 0. The van der Waals surface area contributed by atoms with Gasteiger partial charge in [0, 0.05) is 36.8 Å². The second-order valence-electron chi connectivity index (χ2n) is 5.44. The molecule has 1 amide bonds. The number of amides is 1. The van der Waals surface area contributed by atoms with Gasteiger partial charge in [0.15, 0.2) is 5.96 Å². The van der Waals surface area contributed by atoms with Crippen molar-refractivity contribution in [2.24, 2.45) is 4.99 Å². The summed E-state index contributed by atoms with van der Waals surface area (Å²) in [7, 11) is 1.42. The number of aryl methyl sites for hydroxylation is 1. The van der Waals surface area contributed by atoms with Crippen molar-refractivity contribution in [1.82, 2.24) is 20.5 Å². The summed E-state index contributed by atoms with van der Waals surface area (Å²) >= 11 is 1.67. The van der Waals surface area contributed by atoms with Crippen LogP contribution in [-0.4, -0.2) is 54.7 Å². The number of hydrogen-bond acceptors (Lipinski definition) is 5. The average molecular weight is 467 g/mol. The van der Waals surface area contributed by atoms with Crippen LogP contribution in [-0.2, 0) is 11.3 Å². The van der Waals surface area contributed by atoms with E-state index in [-0.39, 0.29) is 30.1 Å². The Labute approximate surface area is 164 Å². The van der Waals surface area contributed by atoms with Crippen LogP contribution in [0.2, 0.25) is 0 Å². The molecule has 0 spiro atoms. The van der Waals surface area contributed by atoms with Crippen molar-refractivity contribution in [2.75, 3.05) is 26.7 Å². The van der Waals surface area contributed by atoms with Crippen LogP contribution in [0.5, 0.6) is 0 Å². The normalized spacial score (nSPS) is 15.6. The number of nitrogens with zero attached hydrogens (tertiary/aromatic N) is 3. The Morgan fingerprint density at radius 2 is 2.21 bits per heavy atom. The molecule has 2 heterocycles. The Bertz CT molecular complexity index is 544. The molecule has 1 aromatic heterocycles. The van der Waals surface area contributed by atoms with E-state index in [0.717, 1.165) is 30.4 Å². The lowest BCUT2D eigenvalue weighted by molar-refractivity contribution is 0.111. The molecule has 1 saturated heterocycles. The summed E-state index contributed by atoms with van der Waals surface area (Å²) in [5, 5.41) is 7.73. The van der Waals surface area contributed by atoms with Gasteiger partial charge in [-0.15, -0.1) is 35.3 Å². The summed E-state index contributed by atoms with van der Waals surface area (Å²) in [6.07, 6.45) is 3.40. The standard InChI is InChI=1S/C15H25N5O2S.HI/c1-4-16-14(18-10-13-17-9-11(2)23-13)19-12-5-7-20(8-6-12)15(21)22-3;/h9,12H,4-8,10H2,1-3H3,(H2,16,18,19);1H. The third-order valence-electron chi connectivity index (χ3n) is 3.65. The number of aromatic nitrogens is 1. The molecule has 9 heteroatoms. The number of piperidine rings is 1. The highest BCUT2D eigenvalue weighted by Gasteiger charge is 2.23. The third kappa shape index (κ3) is 6.42. The predicted octanol–water partition coefficient (Wildman–Crippen LogP) is 2.36. The van der Waals surface area contributed by atoms with E-state index < -0.39 is 0 Å². The van der Waals surface area contributed by atoms with E-state index in [1.54, 1.807) is 16.2 Å². The molecule has 24 heavy (non-hydrogen) atoms. The van der Waals surface area contributed by atoms with Crippen molar-refractivity contribution in [3.63, 3.8) is 0 Å². The van der Waals surface area contributed by atoms with Crippen molar-refractivity contribution < 1.29 is 9.53 Å². The van der Waals surface area contributed by atoms with E-state index in [2.05, 4.69) is 20.6 Å². The summed E-state index contributed by atoms with van der Waals surface area (Å²) in [6, 6.07) is 0.312. The number of hydrogen-bond donors (Lipinski definition) is 2. The fraction of sp³-hybridized carbons (Fsp3) is 0.667. The largest absolute Gasteiger partial charge is 0.453 e. The van der Waals surface area contributed by atoms with E-state index >= 15 is 0 Å². The Morgan fingerprint density at radius 1 is 1.50 bits per heavy atom. The first-order chi connectivity index (χ1) is 11.1. The number of likely N-dealkylation sites (tertiary alicyclic amines) is 1. The van der Waals surface area contributed by atoms with Crippen LogP contribution in [0.1, 0.15) is 29.7 Å². The lowest BCUT2D eigenvalue weighted by Crippen LogP contribution is -2.49. The SMILES string of the molecule is CCNC(=NCc1ncc(C)s1)NC1CCN(C(=O)OC)CC1.I. The number of rotatable bonds is 4. The fourth-order valence-corrected chi connectivity index (χ4v) is 3.18. The van der Waals surface area contributed by atoms with Crippen LogP contribution in [0, 0.1) is 6.92 Å². The second kappa shape index (κ2) is 10.7. The van der Waals surface area contributed by atoms with Gasteiger partial charge >= 0.3 is 6.09 Å². The van der Waals surface area contributed by atoms with Crippen LogP contribution in [0.3, 0.4) is 0 Å². The van der Waals surface area contributed by atoms with Gasteiger partial charge in [-0.3, -0.25) is 0 Å². The highest BCUT2D eigenvalue weighted by molar-refractivity contribution is 14.0. The number of carbonyl (C=O) groups is 1. The topological polar surface area (TPSA) is 78.9 Å². The lowest BCUT2D eigenvalue weighted by atomic mass is 10.1. The van der Waals surface area contributed by atoms with Crippen molar-refractivity contribution in [3.8, 4) is 0 Å². The van der Waals surface area contributed by atoms with E-state index in [1.807, 2.05) is 20.0 Å². The number of thiazole rings is 1. The van der Waals surface area contributed by atoms with Gasteiger partial charge in [0.25, 0.3) is 0 Å². The molecule has 0 unspecified atom stereocenters. The zero-order valence-electron chi connectivity index (χ0n) is 14.4. The molecule has 1 aliphatic heterocycles. The molecular formula is C15H26IN5O2S. The summed E-state index contributed by atoms with van der Waals surface area (Å²) in [5.74, 6) is 0.803. The molecule has 0 bridgehead atoms. The molecule has 1 fully saturated rings. The van der Waals surface area contributed by atoms with Gasteiger partial charge < -0.3 is 20.3 Å². The van der Waals surface area contributed by atoms with E-state index in [1.165, 1.54) is 12.0 Å². The van der Waals surface area contributed by atoms with Crippen molar-refractivity contribution >= 4 is 47.4 Å². The van der Waals surface area contributed by atoms with Crippen LogP contribution in [0.4, 0.5) is 4.79 Å². The van der Waals surface area contributed by atoms with Crippen LogP contribution in [0.15, 0.2) is 11.2 Å². The van der Waals surface area contributed by atoms with E-state index in [9.17, 15) is 4.79 Å². The highest BCUT2D eigenvalue weighted by Crippen LogP contribution is 2.13. The highest BCUT2D eigenvalue weighted by atomic mass is 127. The molecular weight excluding hydrogens is 441 g/mol. The van der Waals surface area contributed by atoms with Gasteiger partial charge in [0.1, 0.15) is 5.01 Å². The van der Waals surface area contributed by atoms with Gasteiger partial charge in [-0.1, -0.05) is 0 Å². The zero-order valence-corrected chi connectivity index (χ0v) is 17.5. The minimum Gasteiger partial charge on any atom is -0.453 e. The monoisotopic (exact) mass is 467 g/mol. The number of halogens is 1. The maximum atomic E-state index is 11.5. The van der Waals surface area contributed by atoms with Gasteiger partial charge in [0.05, 0.1) is 13.7 Å². The molecule has 0 saturated carbocycles. The minimum atomic E-state index is -0.247. The van der Waals surface area contributed by atoms with Gasteiger partial charge in [0.2, 0.25) is 0 Å². The summed E-state index contributed by atoms with van der Waals surface area (Å²) < 4.78 is 4.76. The summed E-state index contributed by atoms with van der Waals surface area (Å²) in [5.41, 5.74) is 0. The predicted molar refractivity (Wildman–Crippen MR) is 107 cm³/mol. The number of ether oxygens (including phenoxy) is 1. The van der Waals surface area contributed by atoms with Crippen molar-refractivity contribution in [3.05, 3.63) is 16.1 Å². The maximum absolute atomic E-state index is 11.5. The molecule has 1 aliphatic rings. The molecule has 7 nitrogen and oxygen atoms in total. The number of methoxy groups -OCH3 is 1. The molecule has 2 rings (SSSR count). The van der Waals surface area contributed by atoms with Gasteiger partial charge in [-0.25, -0.2) is 14.8 Å². The van der Waals surface area contributed by atoms with E-state index in [4.69, 9.17) is 4.74 Å². The quantitative estimate of drug-likeness (QED) is 0.404. The molecule has 0 radical (unpaired) electrons. The number of guanidine groups is 1. The van der Waals surface area contributed by atoms with Crippen molar-refractivity contribution in [2.45, 2.75) is 39.3 Å². The molecule has 136 valence electrons. The van der Waals surface area contributed by atoms with Crippen LogP contribution in [0.25, 0.3) is 0 Å². The maximum Gasteiger partial charge on any atom is 0.409 e. The summed E-state index contributed by atoms with van der Waals surface area (Å²) in [6.45, 7) is 6.89. The Kier molecular flexibility index (Phi) is 9.34. The number of aliphatic imine (C=N–C) groups is 1. The Hall–Kier alpha value is -1.10. The molecule has 0 aliphatic carbocycles. The molecule has 0 aromatic carbocycles. The van der Waals surface area contributed by atoms with E-state index in [0.29, 0.717) is 25.7 Å². The zero-order chi connectivity index (χ0) is 16.7. The Morgan fingerprint density at radius 3 is 2.75 bits per heavy atom. The van der Waals surface area contributed by atoms with Crippen LogP contribution < -0.4 is 10.6 Å².